The summed E-state index contributed by atoms with van der Waals surface area (Å²) in [5, 5.41) is 8.94. The number of imidazole rings is 1. The fraction of sp³-hybridized carbons (Fsp3) is 0.233. The van der Waals surface area contributed by atoms with Crippen LogP contribution in [0, 0.1) is 0 Å². The van der Waals surface area contributed by atoms with Gasteiger partial charge in [0.15, 0.2) is 0 Å². The number of hydrogen-bond donors (Lipinski definition) is 0. The van der Waals surface area contributed by atoms with E-state index < -0.39 is 0 Å². The van der Waals surface area contributed by atoms with Crippen molar-refractivity contribution in [3.05, 3.63) is 90.9 Å². The van der Waals surface area contributed by atoms with Crippen molar-refractivity contribution >= 4 is 22.6 Å². The van der Waals surface area contributed by atoms with Crippen LogP contribution in [0.4, 0.5) is 0 Å². The molecule has 1 saturated heterocycles. The molecule has 0 aliphatic carbocycles. The molecule has 10 nitrogen and oxygen atoms in total. The van der Waals surface area contributed by atoms with E-state index in [2.05, 4.69) is 54.8 Å². The molecule has 5 aromatic heterocycles. The van der Waals surface area contributed by atoms with Crippen molar-refractivity contribution in [3.63, 3.8) is 0 Å². The van der Waals surface area contributed by atoms with Gasteiger partial charge in [0.1, 0.15) is 11.2 Å². The molecule has 0 saturated carbocycles. The highest BCUT2D eigenvalue weighted by molar-refractivity contribution is 5.95. The SMILES string of the molecule is CN1CCN(C(=O)c2ccc(-c3cnc4cnn(Cc5cnc6ccc(-c7cnn(C)c7)cn56)c4c3)cc2)CC1. The molecule has 0 radical (unpaired) electrons. The van der Waals surface area contributed by atoms with E-state index in [1.54, 1.807) is 10.9 Å². The Bertz CT molecular complexity index is 1840. The largest absolute Gasteiger partial charge is 0.336 e. The molecular formula is C30H29N9O. The average Bonchev–Trinajstić information content (AvgIpc) is 3.72. The summed E-state index contributed by atoms with van der Waals surface area (Å²) in [5.41, 5.74) is 8.49. The van der Waals surface area contributed by atoms with E-state index in [-0.39, 0.29) is 5.91 Å². The van der Waals surface area contributed by atoms with Gasteiger partial charge < -0.3 is 14.2 Å². The molecule has 0 unspecified atom stereocenters. The van der Waals surface area contributed by atoms with Gasteiger partial charge in [-0.3, -0.25) is 19.1 Å². The number of fused-ring (bicyclic) bond motifs is 2. The fourth-order valence-electron chi connectivity index (χ4n) is 5.28. The second-order valence-corrected chi connectivity index (χ2v) is 10.4. The third-order valence-electron chi connectivity index (χ3n) is 7.68. The normalized spacial score (nSPS) is 14.4. The predicted octanol–water partition coefficient (Wildman–Crippen LogP) is 3.58. The average molecular weight is 532 g/mol. The minimum Gasteiger partial charge on any atom is -0.336 e. The first kappa shape index (κ1) is 24.2. The third-order valence-corrected chi connectivity index (χ3v) is 7.68. The molecule has 0 bridgehead atoms. The molecule has 7 rings (SSSR count). The summed E-state index contributed by atoms with van der Waals surface area (Å²) in [5.74, 6) is 0.0889. The van der Waals surface area contributed by atoms with Gasteiger partial charge in [0.2, 0.25) is 0 Å². The Balaban J connectivity index is 1.15. The van der Waals surface area contributed by atoms with Crippen LogP contribution < -0.4 is 0 Å². The predicted molar refractivity (Wildman–Crippen MR) is 153 cm³/mol. The molecule has 0 N–H and O–H groups in total. The molecule has 200 valence electrons. The summed E-state index contributed by atoms with van der Waals surface area (Å²) < 4.78 is 5.86. The highest BCUT2D eigenvalue weighted by Crippen LogP contribution is 2.25. The molecule has 1 fully saturated rings. The Morgan fingerprint density at radius 1 is 0.775 bits per heavy atom. The zero-order valence-electron chi connectivity index (χ0n) is 22.5. The number of hydrogen-bond acceptors (Lipinski definition) is 6. The topological polar surface area (TPSA) is 89.4 Å². The summed E-state index contributed by atoms with van der Waals surface area (Å²) >= 11 is 0. The molecule has 1 aliphatic rings. The molecule has 40 heavy (non-hydrogen) atoms. The van der Waals surface area contributed by atoms with Gasteiger partial charge in [0, 0.05) is 74.1 Å². The number of carbonyl (C=O) groups is 1. The lowest BCUT2D eigenvalue weighted by Gasteiger charge is -2.32. The molecule has 0 atom stereocenters. The molecule has 1 aliphatic heterocycles. The number of likely N-dealkylation sites (N-methyl/N-ethyl adjacent to an activating group) is 1. The lowest BCUT2D eigenvalue weighted by Crippen LogP contribution is -2.47. The number of piperazine rings is 1. The highest BCUT2D eigenvalue weighted by atomic mass is 16.2. The summed E-state index contributed by atoms with van der Waals surface area (Å²) in [4.78, 5) is 26.4. The van der Waals surface area contributed by atoms with E-state index in [4.69, 9.17) is 0 Å². The van der Waals surface area contributed by atoms with Gasteiger partial charge in [-0.15, -0.1) is 0 Å². The van der Waals surface area contributed by atoms with Crippen LogP contribution in [0.2, 0.25) is 0 Å². The van der Waals surface area contributed by atoms with Crippen LogP contribution in [0.3, 0.4) is 0 Å². The van der Waals surface area contributed by atoms with Crippen LogP contribution in [0.15, 0.2) is 79.6 Å². The van der Waals surface area contributed by atoms with E-state index in [0.29, 0.717) is 12.1 Å². The van der Waals surface area contributed by atoms with Crippen molar-refractivity contribution in [3.8, 4) is 22.3 Å². The molecule has 1 aromatic carbocycles. The van der Waals surface area contributed by atoms with Crippen LogP contribution in [0.1, 0.15) is 16.1 Å². The minimum atomic E-state index is 0.0889. The Morgan fingerprint density at radius 3 is 2.35 bits per heavy atom. The summed E-state index contributed by atoms with van der Waals surface area (Å²) in [6, 6.07) is 14.0. The first-order valence-electron chi connectivity index (χ1n) is 13.4. The maximum absolute atomic E-state index is 13.0. The van der Waals surface area contributed by atoms with Gasteiger partial charge in [0.05, 0.1) is 36.3 Å². The van der Waals surface area contributed by atoms with Gasteiger partial charge in [-0.1, -0.05) is 12.1 Å². The van der Waals surface area contributed by atoms with Crippen LogP contribution in [0.5, 0.6) is 0 Å². The second kappa shape index (κ2) is 9.73. The number of pyridine rings is 2. The summed E-state index contributed by atoms with van der Waals surface area (Å²) in [6.07, 6.45) is 11.5. The Kier molecular flexibility index (Phi) is 5.89. The number of amides is 1. The number of carbonyl (C=O) groups excluding carboxylic acids is 1. The Morgan fingerprint density at radius 2 is 1.57 bits per heavy atom. The maximum Gasteiger partial charge on any atom is 0.253 e. The Labute approximate surface area is 231 Å². The van der Waals surface area contributed by atoms with E-state index >= 15 is 0 Å². The lowest BCUT2D eigenvalue weighted by molar-refractivity contribution is 0.0664. The van der Waals surface area contributed by atoms with E-state index in [0.717, 1.165) is 70.8 Å². The molecule has 1 amide bonds. The number of aromatic nitrogens is 7. The lowest BCUT2D eigenvalue weighted by atomic mass is 10.0. The summed E-state index contributed by atoms with van der Waals surface area (Å²) in [6.45, 7) is 3.89. The van der Waals surface area contributed by atoms with Gasteiger partial charge >= 0.3 is 0 Å². The van der Waals surface area contributed by atoms with Crippen molar-refractivity contribution < 1.29 is 4.79 Å². The van der Waals surface area contributed by atoms with E-state index in [9.17, 15) is 4.79 Å². The van der Waals surface area contributed by atoms with Crippen molar-refractivity contribution in [2.45, 2.75) is 6.54 Å². The first-order valence-corrected chi connectivity index (χ1v) is 13.4. The second-order valence-electron chi connectivity index (χ2n) is 10.4. The summed E-state index contributed by atoms with van der Waals surface area (Å²) in [7, 11) is 4.00. The quantitative estimate of drug-likeness (QED) is 0.338. The van der Waals surface area contributed by atoms with Crippen molar-refractivity contribution in [2.24, 2.45) is 7.05 Å². The zero-order chi connectivity index (χ0) is 27.2. The highest BCUT2D eigenvalue weighted by Gasteiger charge is 2.20. The van der Waals surface area contributed by atoms with Gasteiger partial charge in [-0.05, 0) is 42.9 Å². The fourth-order valence-corrected chi connectivity index (χ4v) is 5.28. The maximum atomic E-state index is 13.0. The van der Waals surface area contributed by atoms with Crippen LogP contribution in [-0.4, -0.2) is 82.9 Å². The first-order chi connectivity index (χ1) is 19.5. The number of rotatable bonds is 5. The molecular weight excluding hydrogens is 502 g/mol. The van der Waals surface area contributed by atoms with Gasteiger partial charge in [0.25, 0.3) is 5.91 Å². The van der Waals surface area contributed by atoms with E-state index in [1.165, 1.54) is 0 Å². The van der Waals surface area contributed by atoms with Gasteiger partial charge in [-0.2, -0.15) is 10.2 Å². The van der Waals surface area contributed by atoms with Crippen LogP contribution in [0.25, 0.3) is 38.9 Å². The zero-order valence-corrected chi connectivity index (χ0v) is 22.5. The van der Waals surface area contributed by atoms with Crippen LogP contribution in [-0.2, 0) is 13.6 Å². The van der Waals surface area contributed by atoms with Crippen molar-refractivity contribution in [2.75, 3.05) is 33.2 Å². The number of aryl methyl sites for hydroxylation is 1. The van der Waals surface area contributed by atoms with Crippen molar-refractivity contribution in [1.82, 2.24) is 43.7 Å². The standard InChI is InChI=1S/C30H29N9O/c1-35-9-11-37(12-10-35)30(40)22-5-3-21(4-6-22)24-13-28-27(31-14-24)17-34-39(28)20-26-16-32-29-8-7-23(19-38(26)29)25-15-33-36(2)18-25/h3-8,13-19H,9-12,20H2,1-2H3. The van der Waals surface area contributed by atoms with Crippen molar-refractivity contribution in [1.29, 1.82) is 0 Å². The van der Waals surface area contributed by atoms with Crippen LogP contribution >= 0.6 is 0 Å². The monoisotopic (exact) mass is 531 g/mol. The van der Waals surface area contributed by atoms with Gasteiger partial charge in [-0.25, -0.2) is 4.98 Å². The molecule has 6 aromatic rings. The molecule has 6 heterocycles. The minimum absolute atomic E-state index is 0.0889. The number of benzene rings is 1. The Hall–Kier alpha value is -4.83. The third kappa shape index (κ3) is 4.42. The molecule has 10 heteroatoms. The van der Waals surface area contributed by atoms with E-state index in [1.807, 2.05) is 71.7 Å². The molecule has 0 spiro atoms. The number of nitrogens with zero attached hydrogens (tertiary/aromatic N) is 9. The smallest absolute Gasteiger partial charge is 0.253 e.